The lowest BCUT2D eigenvalue weighted by molar-refractivity contribution is 0.0775. The summed E-state index contributed by atoms with van der Waals surface area (Å²) in [6.45, 7) is 1.28. The molecule has 0 aliphatic carbocycles. The summed E-state index contributed by atoms with van der Waals surface area (Å²) in [7, 11) is -1.96. The lowest BCUT2D eigenvalue weighted by Crippen LogP contribution is -2.32. The summed E-state index contributed by atoms with van der Waals surface area (Å²) in [6, 6.07) is 9.46. The van der Waals surface area contributed by atoms with E-state index in [9.17, 15) is 13.2 Å². The molecule has 8 heteroatoms. The topological polar surface area (TPSA) is 88.9 Å². The first-order chi connectivity index (χ1) is 12.5. The Morgan fingerprint density at radius 2 is 2.04 bits per heavy atom. The van der Waals surface area contributed by atoms with Gasteiger partial charge in [0.05, 0.1) is 23.8 Å². The fourth-order valence-electron chi connectivity index (χ4n) is 2.80. The minimum atomic E-state index is -3.62. The first-order valence-corrected chi connectivity index (χ1v) is 9.93. The van der Waals surface area contributed by atoms with Crippen molar-refractivity contribution in [2.75, 3.05) is 20.2 Å². The predicted octanol–water partition coefficient (Wildman–Crippen LogP) is 2.01. The molecule has 1 amide bonds. The highest BCUT2D eigenvalue weighted by Crippen LogP contribution is 2.15. The molecule has 1 N–H and O–H groups in total. The maximum absolute atomic E-state index is 12.4. The van der Waals surface area contributed by atoms with Gasteiger partial charge in [-0.2, -0.15) is 0 Å². The molecule has 0 saturated carbocycles. The number of hydrogen-bond donors (Lipinski definition) is 1. The van der Waals surface area contributed by atoms with Gasteiger partial charge in [-0.15, -0.1) is 0 Å². The van der Waals surface area contributed by atoms with E-state index in [2.05, 4.69) is 4.72 Å². The Bertz CT molecular complexity index is 825. The van der Waals surface area contributed by atoms with E-state index >= 15 is 0 Å². The van der Waals surface area contributed by atoms with Gasteiger partial charge in [-0.05, 0) is 49.2 Å². The Kier molecular flexibility index (Phi) is 5.75. The van der Waals surface area contributed by atoms with Gasteiger partial charge in [0, 0.05) is 25.8 Å². The minimum absolute atomic E-state index is 0.0686. The maximum Gasteiger partial charge on any atom is 0.254 e. The molecule has 1 aromatic heterocycles. The number of carbonyl (C=O) groups excluding carboxylic acids is 1. The molecule has 7 nitrogen and oxygen atoms in total. The summed E-state index contributed by atoms with van der Waals surface area (Å²) in [5.41, 5.74) is 0.414. The molecule has 0 spiro atoms. The molecule has 140 valence electrons. The zero-order valence-corrected chi connectivity index (χ0v) is 15.4. The summed E-state index contributed by atoms with van der Waals surface area (Å²) in [5.74, 6) is 0.469. The Labute approximate surface area is 153 Å². The summed E-state index contributed by atoms with van der Waals surface area (Å²) in [6.07, 6.45) is 3.30. The number of ether oxygens (including phenoxy) is 1. The van der Waals surface area contributed by atoms with Crippen LogP contribution in [0.2, 0.25) is 0 Å². The number of benzene rings is 1. The van der Waals surface area contributed by atoms with Crippen molar-refractivity contribution in [3.05, 3.63) is 54.0 Å². The highest BCUT2D eigenvalue weighted by atomic mass is 32.2. The number of carbonyl (C=O) groups is 1. The smallest absolute Gasteiger partial charge is 0.254 e. The molecule has 0 radical (unpaired) electrons. The second kappa shape index (κ2) is 8.03. The zero-order valence-electron chi connectivity index (χ0n) is 14.6. The number of nitrogens with zero attached hydrogens (tertiary/aromatic N) is 1. The van der Waals surface area contributed by atoms with Crippen molar-refractivity contribution >= 4 is 15.9 Å². The SMILES string of the molecule is CN(Cc1ccco1)C(=O)c1ccc(S(=O)(=O)NCC2CCCO2)cc1. The van der Waals surface area contributed by atoms with Crippen LogP contribution in [-0.4, -0.2) is 45.5 Å². The number of amides is 1. The summed E-state index contributed by atoms with van der Waals surface area (Å²) in [5, 5.41) is 0. The highest BCUT2D eigenvalue weighted by molar-refractivity contribution is 7.89. The predicted molar refractivity (Wildman–Crippen MR) is 95.1 cm³/mol. The quantitative estimate of drug-likeness (QED) is 0.796. The minimum Gasteiger partial charge on any atom is -0.467 e. The normalized spacial score (nSPS) is 17.3. The largest absolute Gasteiger partial charge is 0.467 e. The van der Waals surface area contributed by atoms with Crippen molar-refractivity contribution in [1.82, 2.24) is 9.62 Å². The van der Waals surface area contributed by atoms with E-state index in [1.54, 1.807) is 25.4 Å². The molecule has 1 aliphatic heterocycles. The Balaban J connectivity index is 1.62. The molecular formula is C18H22N2O5S. The van der Waals surface area contributed by atoms with Gasteiger partial charge in [-0.25, -0.2) is 13.1 Å². The Hall–Kier alpha value is -2.16. The van der Waals surface area contributed by atoms with E-state index in [1.807, 2.05) is 0 Å². The van der Waals surface area contributed by atoms with Crippen molar-refractivity contribution in [3.8, 4) is 0 Å². The number of furan rings is 1. The van der Waals surface area contributed by atoms with Crippen LogP contribution in [0.25, 0.3) is 0 Å². The molecular weight excluding hydrogens is 356 g/mol. The van der Waals surface area contributed by atoms with Crippen LogP contribution in [-0.2, 0) is 21.3 Å². The van der Waals surface area contributed by atoms with Crippen LogP contribution in [0, 0.1) is 0 Å². The van der Waals surface area contributed by atoms with E-state index in [4.69, 9.17) is 9.15 Å². The van der Waals surface area contributed by atoms with Crippen LogP contribution in [0.15, 0.2) is 52.0 Å². The van der Waals surface area contributed by atoms with Crippen LogP contribution in [0.3, 0.4) is 0 Å². The lowest BCUT2D eigenvalue weighted by atomic mass is 10.2. The molecule has 2 aromatic rings. The number of hydrogen-bond acceptors (Lipinski definition) is 5. The summed E-state index contributed by atoms with van der Waals surface area (Å²) < 4.78 is 37.9. The van der Waals surface area contributed by atoms with Crippen LogP contribution in [0.4, 0.5) is 0 Å². The zero-order chi connectivity index (χ0) is 18.6. The van der Waals surface area contributed by atoms with E-state index in [-0.39, 0.29) is 23.5 Å². The van der Waals surface area contributed by atoms with Crippen molar-refractivity contribution < 1.29 is 22.4 Å². The van der Waals surface area contributed by atoms with Gasteiger partial charge < -0.3 is 14.1 Å². The van der Waals surface area contributed by atoms with Crippen LogP contribution >= 0.6 is 0 Å². The molecule has 1 fully saturated rings. The second-order valence-electron chi connectivity index (χ2n) is 6.25. The molecule has 1 unspecified atom stereocenters. The van der Waals surface area contributed by atoms with Gasteiger partial charge in [0.2, 0.25) is 10.0 Å². The summed E-state index contributed by atoms with van der Waals surface area (Å²) in [4.78, 5) is 14.1. The molecule has 1 aromatic carbocycles. The molecule has 2 heterocycles. The third kappa shape index (κ3) is 4.51. The van der Waals surface area contributed by atoms with Gasteiger partial charge in [0.25, 0.3) is 5.91 Å². The van der Waals surface area contributed by atoms with E-state index in [1.165, 1.54) is 29.2 Å². The Morgan fingerprint density at radius 1 is 1.27 bits per heavy atom. The van der Waals surface area contributed by atoms with Gasteiger partial charge >= 0.3 is 0 Å². The lowest BCUT2D eigenvalue weighted by Gasteiger charge is -2.16. The van der Waals surface area contributed by atoms with Crippen molar-refractivity contribution in [2.24, 2.45) is 0 Å². The van der Waals surface area contributed by atoms with Crippen molar-refractivity contribution in [3.63, 3.8) is 0 Å². The average molecular weight is 378 g/mol. The molecule has 1 saturated heterocycles. The number of sulfonamides is 1. The van der Waals surface area contributed by atoms with Crippen LogP contribution in [0.5, 0.6) is 0 Å². The monoisotopic (exact) mass is 378 g/mol. The molecule has 26 heavy (non-hydrogen) atoms. The van der Waals surface area contributed by atoms with Gasteiger partial charge in [-0.1, -0.05) is 0 Å². The van der Waals surface area contributed by atoms with Crippen LogP contribution < -0.4 is 4.72 Å². The van der Waals surface area contributed by atoms with Gasteiger partial charge in [0.1, 0.15) is 5.76 Å². The van der Waals surface area contributed by atoms with Gasteiger partial charge in [-0.3, -0.25) is 4.79 Å². The van der Waals surface area contributed by atoms with Crippen molar-refractivity contribution in [1.29, 1.82) is 0 Å². The number of nitrogens with one attached hydrogen (secondary N) is 1. The standard InChI is InChI=1S/C18H22N2O5S/c1-20(13-16-5-3-11-25-16)18(21)14-6-8-17(9-7-14)26(22,23)19-12-15-4-2-10-24-15/h3,5-9,11,15,19H,2,4,10,12-13H2,1H3. The highest BCUT2D eigenvalue weighted by Gasteiger charge is 2.21. The fourth-order valence-corrected chi connectivity index (χ4v) is 3.86. The van der Waals surface area contributed by atoms with E-state index in [0.717, 1.165) is 12.8 Å². The first-order valence-electron chi connectivity index (χ1n) is 8.45. The van der Waals surface area contributed by atoms with Crippen molar-refractivity contribution in [2.45, 2.75) is 30.4 Å². The third-order valence-corrected chi connectivity index (χ3v) is 5.70. The average Bonchev–Trinajstić information content (AvgIpc) is 3.33. The van der Waals surface area contributed by atoms with Gasteiger partial charge in [0.15, 0.2) is 0 Å². The van der Waals surface area contributed by atoms with E-state index in [0.29, 0.717) is 24.5 Å². The fraction of sp³-hybridized carbons (Fsp3) is 0.389. The van der Waals surface area contributed by atoms with Crippen LogP contribution in [0.1, 0.15) is 29.0 Å². The molecule has 1 aliphatic rings. The van der Waals surface area contributed by atoms with E-state index < -0.39 is 10.0 Å². The second-order valence-corrected chi connectivity index (χ2v) is 8.02. The maximum atomic E-state index is 12.4. The molecule has 0 bridgehead atoms. The number of rotatable bonds is 7. The Morgan fingerprint density at radius 3 is 2.65 bits per heavy atom. The summed E-state index contributed by atoms with van der Waals surface area (Å²) >= 11 is 0. The molecule has 3 rings (SSSR count). The first kappa shape index (κ1) is 18.6. The third-order valence-electron chi connectivity index (χ3n) is 4.26. The molecule has 1 atom stereocenters.